The Labute approximate surface area is 154 Å². The first kappa shape index (κ1) is 19.4. The Balaban J connectivity index is 0.00000264. The average molecular weight is 428 g/mol. The summed E-state index contributed by atoms with van der Waals surface area (Å²) in [5, 5.41) is 7.33. The number of aliphatic imine (C=N–C) groups is 1. The van der Waals surface area contributed by atoms with Crippen LogP contribution in [0.4, 0.5) is 5.69 Å². The van der Waals surface area contributed by atoms with Crippen LogP contribution in [0, 0.1) is 6.92 Å². The number of likely N-dealkylation sites (N-methyl/N-ethyl adjacent to an activating group) is 1. The molecule has 1 aromatic heterocycles. The molecular formula is C16H25IN6. The van der Waals surface area contributed by atoms with Crippen molar-refractivity contribution in [3.63, 3.8) is 0 Å². The lowest BCUT2D eigenvalue weighted by Gasteiger charge is -2.21. The first-order valence-electron chi connectivity index (χ1n) is 7.24. The smallest absolute Gasteiger partial charge is 0.193 e. The summed E-state index contributed by atoms with van der Waals surface area (Å²) in [5.74, 6) is 0.416. The molecule has 0 aliphatic heterocycles. The number of rotatable bonds is 5. The highest BCUT2D eigenvalue weighted by Crippen LogP contribution is 2.17. The fourth-order valence-electron chi connectivity index (χ4n) is 2.19. The lowest BCUT2D eigenvalue weighted by atomic mass is 10.1. The van der Waals surface area contributed by atoms with Gasteiger partial charge in [0.25, 0.3) is 0 Å². The van der Waals surface area contributed by atoms with Gasteiger partial charge in [-0.05, 0) is 33.2 Å². The number of aryl methyl sites for hydroxylation is 2. The summed E-state index contributed by atoms with van der Waals surface area (Å²) in [4.78, 5) is 6.56. The molecule has 0 spiro atoms. The van der Waals surface area contributed by atoms with Gasteiger partial charge in [0.2, 0.25) is 0 Å². The van der Waals surface area contributed by atoms with Crippen LogP contribution in [0.1, 0.15) is 17.2 Å². The summed E-state index contributed by atoms with van der Waals surface area (Å²) in [5.41, 5.74) is 9.25. The number of hydrogen-bond acceptors (Lipinski definition) is 3. The van der Waals surface area contributed by atoms with Crippen molar-refractivity contribution in [1.82, 2.24) is 14.7 Å². The van der Waals surface area contributed by atoms with Gasteiger partial charge in [-0.3, -0.25) is 9.67 Å². The number of aromatic nitrogens is 2. The van der Waals surface area contributed by atoms with Gasteiger partial charge in [-0.25, -0.2) is 0 Å². The van der Waals surface area contributed by atoms with Gasteiger partial charge in [0.05, 0.1) is 18.8 Å². The molecule has 6 nitrogen and oxygen atoms in total. The van der Waals surface area contributed by atoms with Gasteiger partial charge in [0, 0.05) is 24.5 Å². The van der Waals surface area contributed by atoms with E-state index in [1.807, 2.05) is 57.8 Å². The third kappa shape index (κ3) is 5.83. The maximum atomic E-state index is 5.98. The summed E-state index contributed by atoms with van der Waals surface area (Å²) in [6.07, 6.45) is 3.87. The number of benzene rings is 1. The molecule has 2 aromatic rings. The molecule has 0 aliphatic rings. The minimum Gasteiger partial charge on any atom is -0.370 e. The molecular weight excluding hydrogens is 403 g/mol. The van der Waals surface area contributed by atoms with E-state index < -0.39 is 0 Å². The molecule has 0 aliphatic carbocycles. The van der Waals surface area contributed by atoms with Gasteiger partial charge in [0.1, 0.15) is 0 Å². The van der Waals surface area contributed by atoms with Crippen LogP contribution in [0.15, 0.2) is 41.7 Å². The lowest BCUT2D eigenvalue weighted by molar-refractivity contribution is 0.306. The number of guanidine groups is 1. The van der Waals surface area contributed by atoms with Crippen molar-refractivity contribution in [2.24, 2.45) is 17.8 Å². The van der Waals surface area contributed by atoms with Gasteiger partial charge < -0.3 is 16.0 Å². The summed E-state index contributed by atoms with van der Waals surface area (Å²) in [6, 6.07) is 8.19. The van der Waals surface area contributed by atoms with Gasteiger partial charge in [-0.15, -0.1) is 24.0 Å². The number of nitrogens with two attached hydrogens (primary N) is 1. The van der Waals surface area contributed by atoms with E-state index in [2.05, 4.69) is 27.2 Å². The Morgan fingerprint density at radius 2 is 2.00 bits per heavy atom. The molecule has 0 saturated heterocycles. The van der Waals surface area contributed by atoms with E-state index in [9.17, 15) is 0 Å². The second-order valence-corrected chi connectivity index (χ2v) is 5.64. The summed E-state index contributed by atoms with van der Waals surface area (Å²) in [6.45, 7) is 2.63. The monoisotopic (exact) mass is 428 g/mol. The zero-order chi connectivity index (χ0) is 16.1. The number of hydrogen-bond donors (Lipinski definition) is 2. The molecule has 3 N–H and O–H groups in total. The van der Waals surface area contributed by atoms with Crippen molar-refractivity contribution in [3.8, 4) is 0 Å². The largest absolute Gasteiger partial charge is 0.370 e. The van der Waals surface area contributed by atoms with E-state index in [1.54, 1.807) is 4.68 Å². The molecule has 0 amide bonds. The van der Waals surface area contributed by atoms with E-state index in [-0.39, 0.29) is 30.0 Å². The van der Waals surface area contributed by atoms with E-state index >= 15 is 0 Å². The second-order valence-electron chi connectivity index (χ2n) is 5.64. The molecule has 0 saturated carbocycles. The Morgan fingerprint density at radius 1 is 1.35 bits per heavy atom. The van der Waals surface area contributed by atoms with Crippen LogP contribution in [-0.4, -0.2) is 41.3 Å². The zero-order valence-corrected chi connectivity index (χ0v) is 16.4. The minimum atomic E-state index is 0. The van der Waals surface area contributed by atoms with Crippen molar-refractivity contribution >= 4 is 35.6 Å². The fourth-order valence-corrected chi connectivity index (χ4v) is 2.19. The van der Waals surface area contributed by atoms with Crippen LogP contribution >= 0.6 is 24.0 Å². The van der Waals surface area contributed by atoms with Gasteiger partial charge in [-0.2, -0.15) is 5.10 Å². The van der Waals surface area contributed by atoms with Crippen molar-refractivity contribution in [1.29, 1.82) is 0 Å². The van der Waals surface area contributed by atoms with E-state index in [0.29, 0.717) is 12.5 Å². The molecule has 1 unspecified atom stereocenters. The van der Waals surface area contributed by atoms with Crippen molar-refractivity contribution in [2.75, 3.05) is 26.0 Å². The van der Waals surface area contributed by atoms with Crippen LogP contribution in [-0.2, 0) is 7.05 Å². The molecule has 1 heterocycles. The maximum absolute atomic E-state index is 5.98. The Morgan fingerprint density at radius 3 is 2.52 bits per heavy atom. The van der Waals surface area contributed by atoms with E-state index in [0.717, 1.165) is 11.3 Å². The standard InChI is InChI=1S/C16H24N6.HI/c1-12-5-7-14(8-6-12)20-16(17)18-10-15(21(2)3)13-9-19-22(4)11-13;/h5-9,11,15H,10H2,1-4H3,(H3,17,18,20);1H. The van der Waals surface area contributed by atoms with E-state index in [1.165, 1.54) is 5.56 Å². The van der Waals surface area contributed by atoms with Gasteiger partial charge in [-0.1, -0.05) is 17.7 Å². The quantitative estimate of drug-likeness (QED) is 0.436. The Bertz CT molecular complexity index is 632. The van der Waals surface area contributed by atoms with Crippen LogP contribution < -0.4 is 11.1 Å². The molecule has 126 valence electrons. The predicted octanol–water partition coefficient (Wildman–Crippen LogP) is 2.38. The number of nitrogens with zero attached hydrogens (tertiary/aromatic N) is 4. The van der Waals surface area contributed by atoms with Crippen molar-refractivity contribution in [3.05, 3.63) is 47.8 Å². The maximum Gasteiger partial charge on any atom is 0.193 e. The highest BCUT2D eigenvalue weighted by molar-refractivity contribution is 14.0. The summed E-state index contributed by atoms with van der Waals surface area (Å²) >= 11 is 0. The first-order valence-corrected chi connectivity index (χ1v) is 7.24. The van der Waals surface area contributed by atoms with Crippen molar-refractivity contribution < 1.29 is 0 Å². The van der Waals surface area contributed by atoms with Crippen LogP contribution in [0.5, 0.6) is 0 Å². The zero-order valence-electron chi connectivity index (χ0n) is 14.0. The van der Waals surface area contributed by atoms with Gasteiger partial charge >= 0.3 is 0 Å². The Kier molecular flexibility index (Phi) is 7.50. The molecule has 23 heavy (non-hydrogen) atoms. The predicted molar refractivity (Wildman–Crippen MR) is 106 cm³/mol. The van der Waals surface area contributed by atoms with Crippen LogP contribution in [0.2, 0.25) is 0 Å². The van der Waals surface area contributed by atoms with E-state index in [4.69, 9.17) is 5.73 Å². The topological polar surface area (TPSA) is 71.5 Å². The van der Waals surface area contributed by atoms with Crippen molar-refractivity contribution in [2.45, 2.75) is 13.0 Å². The van der Waals surface area contributed by atoms with Crippen LogP contribution in [0.25, 0.3) is 0 Å². The Hall–Kier alpha value is -1.61. The second kappa shape index (κ2) is 8.88. The molecule has 0 fully saturated rings. The third-order valence-electron chi connectivity index (χ3n) is 3.49. The highest BCUT2D eigenvalue weighted by Gasteiger charge is 2.15. The lowest BCUT2D eigenvalue weighted by Crippen LogP contribution is -2.27. The summed E-state index contributed by atoms with van der Waals surface area (Å²) < 4.78 is 1.80. The minimum absolute atomic E-state index is 0. The fraction of sp³-hybridized carbons (Fsp3) is 0.375. The average Bonchev–Trinajstić information content (AvgIpc) is 2.87. The third-order valence-corrected chi connectivity index (χ3v) is 3.49. The number of halogens is 1. The summed E-state index contributed by atoms with van der Waals surface area (Å²) in [7, 11) is 5.96. The molecule has 1 atom stereocenters. The SMILES string of the molecule is Cc1ccc(NC(N)=NCC(c2cnn(C)c2)N(C)C)cc1.I. The molecule has 2 rings (SSSR count). The van der Waals surface area contributed by atoms with Crippen LogP contribution in [0.3, 0.4) is 0 Å². The molecule has 0 radical (unpaired) electrons. The highest BCUT2D eigenvalue weighted by atomic mass is 127. The number of anilines is 1. The molecule has 1 aromatic carbocycles. The molecule has 0 bridgehead atoms. The normalized spacial score (nSPS) is 12.8. The molecule has 7 heteroatoms. The first-order chi connectivity index (χ1) is 10.5. The van der Waals surface area contributed by atoms with Gasteiger partial charge in [0.15, 0.2) is 5.96 Å². The number of nitrogens with one attached hydrogen (secondary N) is 1.